The first kappa shape index (κ1) is 87.8. The van der Waals surface area contributed by atoms with Crippen molar-refractivity contribution in [1.29, 1.82) is 0 Å². The van der Waals surface area contributed by atoms with E-state index in [1.165, 1.54) is 270 Å². The van der Waals surface area contributed by atoms with Crippen LogP contribution in [-0.4, -0.2) is 140 Å². The molecule has 2 fully saturated rings. The van der Waals surface area contributed by atoms with Crippen LogP contribution in [0.5, 0.6) is 0 Å². The number of aliphatic hydroxyl groups is 8. The zero-order chi connectivity index (χ0) is 68.0. The Balaban J connectivity index is 1.56. The van der Waals surface area contributed by atoms with Crippen LogP contribution in [0.3, 0.4) is 0 Å². The lowest BCUT2D eigenvalue weighted by Gasteiger charge is -2.46. The highest BCUT2D eigenvalue weighted by Crippen LogP contribution is 2.30. The normalized spacial score (nSPS) is 22.7. The molecule has 0 aromatic rings. The Morgan fingerprint density at radius 1 is 0.383 bits per heavy atom. The number of hydrogen-bond acceptors (Lipinski definition) is 13. The summed E-state index contributed by atoms with van der Waals surface area (Å²) in [4.78, 5) is 13.4. The highest BCUT2D eigenvalue weighted by Gasteiger charge is 2.51. The van der Waals surface area contributed by atoms with Gasteiger partial charge in [0.25, 0.3) is 0 Å². The molecule has 14 nitrogen and oxygen atoms in total. The Labute approximate surface area is 575 Å². The van der Waals surface area contributed by atoms with Crippen molar-refractivity contribution < 1.29 is 64.6 Å². The molecule has 0 spiro atoms. The number of unbranched alkanes of at least 4 members (excludes halogenated alkanes) is 45. The number of aliphatic hydroxyl groups excluding tert-OH is 8. The molecule has 0 aromatic carbocycles. The molecule has 14 heteroatoms. The van der Waals surface area contributed by atoms with Crippen LogP contribution in [0, 0.1) is 0 Å². The highest BCUT2D eigenvalue weighted by atomic mass is 16.7. The summed E-state index contributed by atoms with van der Waals surface area (Å²) in [6.07, 6.45) is 70.3. The molecule has 2 aliphatic rings. The number of carbonyl (C=O) groups is 1. The molecule has 1 amide bonds. The summed E-state index contributed by atoms with van der Waals surface area (Å²) >= 11 is 0. The van der Waals surface area contributed by atoms with Crippen molar-refractivity contribution in [3.63, 3.8) is 0 Å². The minimum atomic E-state index is -1.79. The standard InChI is InChI=1S/C80H147NO13/c1-3-5-7-9-11-13-15-17-19-21-23-24-25-26-27-28-29-30-31-32-33-34-35-36-37-38-39-40-41-42-43-44-46-48-50-52-54-56-58-60-62-64-72(85)81-68(69(84)63-61-59-57-55-53-51-49-47-45-22-20-18-16-14-12-10-8-6-4-2)67-91-79-77(90)75(88)78(71(66-83)93-79)94-80-76(89)74(87)73(86)70(65-82)92-80/h15,17,21,23,25-26,53,55,61,63,68-71,73-80,82-84,86-90H,3-14,16,18-20,22,24,27-52,54,56-60,62,64-67H2,1-2H3,(H,81,85)/b17-15-,23-21-,26-25-,55-53+,63-61+. The first-order chi connectivity index (χ1) is 46.1. The van der Waals surface area contributed by atoms with E-state index in [4.69, 9.17) is 18.9 Å². The summed E-state index contributed by atoms with van der Waals surface area (Å²) < 4.78 is 22.9. The van der Waals surface area contributed by atoms with Crippen LogP contribution in [-0.2, 0) is 23.7 Å². The Morgan fingerprint density at radius 2 is 0.713 bits per heavy atom. The minimum Gasteiger partial charge on any atom is -0.394 e. The average Bonchev–Trinajstić information content (AvgIpc) is 0.794. The van der Waals surface area contributed by atoms with Gasteiger partial charge in [-0.05, 0) is 70.6 Å². The SMILES string of the molecule is CCCCCCC/C=C\C/C=C\C/C=C\CCCCCCCCCCCCCCCCCCCCCCCCCCCCC(=O)NC(COC1OC(CO)C(OC2OC(CO)C(O)C(O)C2O)C(O)C1O)C(O)/C=C/CC/C=C/CCCCCCCCCCCCCCC. The number of hydrogen-bond donors (Lipinski definition) is 9. The minimum absolute atomic E-state index is 0.243. The van der Waals surface area contributed by atoms with Crippen LogP contribution in [0.4, 0.5) is 0 Å². The van der Waals surface area contributed by atoms with Gasteiger partial charge in [-0.3, -0.25) is 4.79 Å². The van der Waals surface area contributed by atoms with Gasteiger partial charge in [0, 0.05) is 6.42 Å². The number of nitrogens with one attached hydrogen (secondary N) is 1. The molecule has 0 radical (unpaired) electrons. The molecule has 12 atom stereocenters. The number of allylic oxidation sites excluding steroid dienone is 9. The van der Waals surface area contributed by atoms with Gasteiger partial charge in [-0.2, -0.15) is 0 Å². The van der Waals surface area contributed by atoms with Crippen LogP contribution in [0.15, 0.2) is 60.8 Å². The average molecular weight is 1330 g/mol. The van der Waals surface area contributed by atoms with Crippen LogP contribution in [0.1, 0.15) is 348 Å². The van der Waals surface area contributed by atoms with E-state index in [0.29, 0.717) is 12.8 Å². The Morgan fingerprint density at radius 3 is 1.12 bits per heavy atom. The lowest BCUT2D eigenvalue weighted by Crippen LogP contribution is -2.65. The summed E-state index contributed by atoms with van der Waals surface area (Å²) in [5, 5.41) is 87.5. The van der Waals surface area contributed by atoms with Crippen molar-refractivity contribution in [3.8, 4) is 0 Å². The summed E-state index contributed by atoms with van der Waals surface area (Å²) in [5.41, 5.74) is 0. The van der Waals surface area contributed by atoms with E-state index in [2.05, 4.69) is 67.8 Å². The third-order valence-corrected chi connectivity index (χ3v) is 19.2. The maximum atomic E-state index is 13.4. The molecule has 0 bridgehead atoms. The van der Waals surface area contributed by atoms with Crippen molar-refractivity contribution in [2.75, 3.05) is 19.8 Å². The maximum absolute atomic E-state index is 13.4. The smallest absolute Gasteiger partial charge is 0.220 e. The zero-order valence-corrected chi connectivity index (χ0v) is 60.2. The third-order valence-electron chi connectivity index (χ3n) is 19.2. The predicted molar refractivity (Wildman–Crippen MR) is 387 cm³/mol. The number of amides is 1. The molecule has 0 saturated carbocycles. The van der Waals surface area contributed by atoms with Crippen LogP contribution >= 0.6 is 0 Å². The summed E-state index contributed by atoms with van der Waals surface area (Å²) in [6, 6.07) is -0.932. The summed E-state index contributed by atoms with van der Waals surface area (Å²) in [5.74, 6) is -0.243. The number of rotatable bonds is 66. The topological polar surface area (TPSA) is 228 Å². The van der Waals surface area contributed by atoms with Crippen molar-refractivity contribution in [3.05, 3.63) is 60.8 Å². The fourth-order valence-electron chi connectivity index (χ4n) is 12.9. The molecule has 0 aliphatic carbocycles. The fourth-order valence-corrected chi connectivity index (χ4v) is 12.9. The number of carbonyl (C=O) groups excluding carboxylic acids is 1. The molecule has 94 heavy (non-hydrogen) atoms. The fraction of sp³-hybridized carbons (Fsp3) is 0.863. The molecular weight excluding hydrogens is 1180 g/mol. The van der Waals surface area contributed by atoms with Crippen LogP contribution in [0.25, 0.3) is 0 Å². The van der Waals surface area contributed by atoms with Gasteiger partial charge in [-0.25, -0.2) is 0 Å². The van der Waals surface area contributed by atoms with Gasteiger partial charge in [0.15, 0.2) is 12.6 Å². The quantitative estimate of drug-likeness (QED) is 0.0204. The summed E-state index contributed by atoms with van der Waals surface area (Å²) in [6.45, 7) is 2.81. The second-order valence-corrected chi connectivity index (χ2v) is 27.8. The van der Waals surface area contributed by atoms with E-state index in [-0.39, 0.29) is 18.9 Å². The Hall–Kier alpha value is -2.31. The van der Waals surface area contributed by atoms with Crippen molar-refractivity contribution >= 4 is 5.91 Å². The van der Waals surface area contributed by atoms with Gasteiger partial charge in [-0.1, -0.05) is 331 Å². The number of ether oxygens (including phenoxy) is 4. The maximum Gasteiger partial charge on any atom is 0.220 e. The highest BCUT2D eigenvalue weighted by molar-refractivity contribution is 5.76. The molecule has 12 unspecified atom stereocenters. The Kier molecular flexibility index (Phi) is 59.8. The van der Waals surface area contributed by atoms with Gasteiger partial charge in [0.05, 0.1) is 32.0 Å². The lowest BCUT2D eigenvalue weighted by atomic mass is 9.97. The van der Waals surface area contributed by atoms with Crippen molar-refractivity contribution in [1.82, 2.24) is 5.32 Å². The molecule has 0 aromatic heterocycles. The van der Waals surface area contributed by atoms with Crippen LogP contribution in [0.2, 0.25) is 0 Å². The van der Waals surface area contributed by atoms with E-state index in [1.807, 2.05) is 6.08 Å². The van der Waals surface area contributed by atoms with E-state index in [9.17, 15) is 45.6 Å². The van der Waals surface area contributed by atoms with E-state index < -0.39 is 86.8 Å². The molecule has 2 rings (SSSR count). The van der Waals surface area contributed by atoms with Crippen LogP contribution < -0.4 is 5.32 Å². The predicted octanol–water partition coefficient (Wildman–Crippen LogP) is 17.6. The third kappa shape index (κ3) is 46.9. The molecule has 550 valence electrons. The van der Waals surface area contributed by atoms with Crippen molar-refractivity contribution in [2.24, 2.45) is 0 Å². The molecular formula is C80H147NO13. The van der Waals surface area contributed by atoms with Gasteiger partial charge in [0.2, 0.25) is 5.91 Å². The molecule has 2 aliphatic heterocycles. The molecule has 2 heterocycles. The first-order valence-electron chi connectivity index (χ1n) is 39.5. The van der Waals surface area contributed by atoms with E-state index in [1.54, 1.807) is 6.08 Å². The zero-order valence-electron chi connectivity index (χ0n) is 60.2. The van der Waals surface area contributed by atoms with Gasteiger partial charge >= 0.3 is 0 Å². The monoisotopic (exact) mass is 1330 g/mol. The Bertz CT molecular complexity index is 1810. The summed E-state index contributed by atoms with van der Waals surface area (Å²) in [7, 11) is 0. The second kappa shape index (κ2) is 64.1. The second-order valence-electron chi connectivity index (χ2n) is 27.8. The molecule has 2 saturated heterocycles. The van der Waals surface area contributed by atoms with Gasteiger partial charge < -0.3 is 65.1 Å². The van der Waals surface area contributed by atoms with Gasteiger partial charge in [0.1, 0.15) is 48.8 Å². The molecule has 9 N–H and O–H groups in total. The first-order valence-corrected chi connectivity index (χ1v) is 39.5. The van der Waals surface area contributed by atoms with E-state index in [0.717, 1.165) is 44.9 Å². The lowest BCUT2D eigenvalue weighted by molar-refractivity contribution is -0.359. The largest absolute Gasteiger partial charge is 0.394 e. The van der Waals surface area contributed by atoms with Gasteiger partial charge in [-0.15, -0.1) is 0 Å². The van der Waals surface area contributed by atoms with Crippen molar-refractivity contribution in [2.45, 2.75) is 421 Å². The van der Waals surface area contributed by atoms with E-state index >= 15 is 0 Å².